The average molecular weight is 297 g/mol. The third-order valence-corrected chi connectivity index (χ3v) is 4.50. The van der Waals surface area contributed by atoms with Gasteiger partial charge < -0.3 is 4.74 Å². The average Bonchev–Trinajstić information content (AvgIpc) is 2.97. The van der Waals surface area contributed by atoms with Crippen molar-refractivity contribution in [2.75, 3.05) is 4.90 Å². The summed E-state index contributed by atoms with van der Waals surface area (Å²) in [7, 11) is 0. The molecule has 1 aromatic carbocycles. The number of carbonyl (C=O) groups is 3. The van der Waals surface area contributed by atoms with Crippen LogP contribution < -0.4 is 4.90 Å². The van der Waals surface area contributed by atoms with Gasteiger partial charge in [0.05, 0.1) is 5.69 Å². The molecule has 1 aliphatic carbocycles. The molecule has 0 radical (unpaired) electrons. The smallest absolute Gasteiger partial charge is 0.276 e. The Bertz CT molecular complexity index is 749. The number of allylic oxidation sites excluding steroid dienone is 1. The second kappa shape index (κ2) is 4.53. The lowest BCUT2D eigenvalue weighted by Crippen LogP contribution is -2.33. The number of benzene rings is 1. The van der Waals surface area contributed by atoms with E-state index in [0.29, 0.717) is 29.9 Å². The van der Waals surface area contributed by atoms with Gasteiger partial charge in [-0.3, -0.25) is 14.4 Å². The number of Topliss-reactive ketones (excluding diaryl/α,β-unsaturated/α-hetero) is 1. The molecule has 0 N–H and O–H groups in total. The zero-order chi connectivity index (χ0) is 15.4. The zero-order valence-electron chi connectivity index (χ0n) is 12.2. The number of imide groups is 1. The Kier molecular flexibility index (Phi) is 2.73. The molecule has 2 amide bonds. The van der Waals surface area contributed by atoms with E-state index in [0.717, 1.165) is 16.9 Å². The second-order valence-corrected chi connectivity index (χ2v) is 5.98. The fraction of sp³-hybridized carbons (Fsp3) is 0.353. The molecule has 0 unspecified atom stereocenters. The summed E-state index contributed by atoms with van der Waals surface area (Å²) in [5, 5.41) is 0. The molecule has 0 bridgehead atoms. The van der Waals surface area contributed by atoms with Gasteiger partial charge in [0.1, 0.15) is 11.7 Å². The lowest BCUT2D eigenvalue weighted by Gasteiger charge is -2.19. The van der Waals surface area contributed by atoms with E-state index in [-0.39, 0.29) is 17.6 Å². The van der Waals surface area contributed by atoms with Crippen LogP contribution >= 0.6 is 0 Å². The van der Waals surface area contributed by atoms with E-state index in [1.165, 1.54) is 0 Å². The Labute approximate surface area is 127 Å². The molecule has 112 valence electrons. The van der Waals surface area contributed by atoms with Crippen molar-refractivity contribution in [2.24, 2.45) is 5.92 Å². The molecule has 3 aliphatic rings. The normalized spacial score (nSPS) is 27.1. The number of carbonyl (C=O) groups excluding carboxylic acids is 3. The molecule has 2 heterocycles. The summed E-state index contributed by atoms with van der Waals surface area (Å²) >= 11 is 0. The predicted molar refractivity (Wildman–Crippen MR) is 77.9 cm³/mol. The number of aryl methyl sites for hydroxylation is 1. The quantitative estimate of drug-likeness (QED) is 0.743. The van der Waals surface area contributed by atoms with Crippen LogP contribution in [0.1, 0.15) is 24.8 Å². The molecule has 22 heavy (non-hydrogen) atoms. The van der Waals surface area contributed by atoms with E-state index in [2.05, 4.69) is 0 Å². The van der Waals surface area contributed by atoms with Crippen LogP contribution in [0.25, 0.3) is 0 Å². The summed E-state index contributed by atoms with van der Waals surface area (Å²) in [5.41, 5.74) is 1.94. The van der Waals surface area contributed by atoms with Crippen molar-refractivity contribution in [1.82, 2.24) is 0 Å². The van der Waals surface area contributed by atoms with Gasteiger partial charge in [0.25, 0.3) is 5.91 Å². The van der Waals surface area contributed by atoms with Gasteiger partial charge in [0, 0.05) is 18.4 Å². The minimum Gasteiger partial charge on any atom is -0.483 e. The van der Waals surface area contributed by atoms with Crippen molar-refractivity contribution in [1.29, 1.82) is 0 Å². The number of ketones is 1. The molecule has 0 saturated carbocycles. The standard InChI is InChI=1S/C17H15NO4/c1-9-4-2-5-10(8-9)18-16(20)14-13-11(19)6-3-7-12(13)22-15(14)17(18)21/h2,4-5,8,14-15H,3,6-7H2,1H3/t14-,15+/m1/s1. The summed E-state index contributed by atoms with van der Waals surface area (Å²) in [4.78, 5) is 38.7. The molecule has 5 nitrogen and oxygen atoms in total. The van der Waals surface area contributed by atoms with Crippen molar-refractivity contribution in [3.63, 3.8) is 0 Å². The van der Waals surface area contributed by atoms with Crippen molar-refractivity contribution >= 4 is 23.3 Å². The number of hydrogen-bond acceptors (Lipinski definition) is 4. The number of hydrogen-bond donors (Lipinski definition) is 0. The Morgan fingerprint density at radius 1 is 1.14 bits per heavy atom. The predicted octanol–water partition coefficient (Wildman–Crippen LogP) is 1.89. The molecule has 0 spiro atoms. The first-order chi connectivity index (χ1) is 10.6. The molecule has 1 fully saturated rings. The number of rotatable bonds is 1. The lowest BCUT2D eigenvalue weighted by atomic mass is 9.87. The molecular formula is C17H15NO4. The van der Waals surface area contributed by atoms with E-state index < -0.39 is 12.0 Å². The van der Waals surface area contributed by atoms with Crippen LogP contribution in [0, 0.1) is 12.8 Å². The molecule has 1 aromatic rings. The molecule has 5 heteroatoms. The van der Waals surface area contributed by atoms with Crippen LogP contribution in [0.3, 0.4) is 0 Å². The van der Waals surface area contributed by atoms with Gasteiger partial charge in [-0.2, -0.15) is 0 Å². The number of fused-ring (bicyclic) bond motifs is 2. The van der Waals surface area contributed by atoms with Crippen molar-refractivity contribution in [2.45, 2.75) is 32.3 Å². The topological polar surface area (TPSA) is 63.7 Å². The molecule has 1 saturated heterocycles. The van der Waals surface area contributed by atoms with E-state index in [1.54, 1.807) is 18.2 Å². The number of nitrogens with zero attached hydrogens (tertiary/aromatic N) is 1. The van der Waals surface area contributed by atoms with Gasteiger partial charge in [-0.15, -0.1) is 0 Å². The number of anilines is 1. The highest BCUT2D eigenvalue weighted by atomic mass is 16.5. The fourth-order valence-corrected chi connectivity index (χ4v) is 3.52. The first kappa shape index (κ1) is 13.2. The summed E-state index contributed by atoms with van der Waals surface area (Å²) in [5.74, 6) is -0.975. The van der Waals surface area contributed by atoms with Crippen LogP contribution in [-0.4, -0.2) is 23.7 Å². The van der Waals surface area contributed by atoms with E-state index in [1.807, 2.05) is 13.0 Å². The third-order valence-electron chi connectivity index (χ3n) is 4.50. The van der Waals surface area contributed by atoms with Gasteiger partial charge in [0.15, 0.2) is 11.9 Å². The van der Waals surface area contributed by atoms with Gasteiger partial charge >= 0.3 is 0 Å². The third kappa shape index (κ3) is 1.68. The molecule has 2 atom stereocenters. The molecule has 0 aromatic heterocycles. The minimum atomic E-state index is -0.861. The van der Waals surface area contributed by atoms with Crippen LogP contribution in [0.15, 0.2) is 35.6 Å². The Morgan fingerprint density at radius 3 is 2.73 bits per heavy atom. The SMILES string of the molecule is Cc1cccc(N2C(=O)[C@@H]3C4=C(CCCC4=O)O[C@@H]3C2=O)c1. The fourth-order valence-electron chi connectivity index (χ4n) is 3.52. The monoisotopic (exact) mass is 297 g/mol. The summed E-state index contributed by atoms with van der Waals surface area (Å²) < 4.78 is 5.67. The van der Waals surface area contributed by atoms with Crippen LogP contribution in [-0.2, 0) is 19.1 Å². The summed E-state index contributed by atoms with van der Waals surface area (Å²) in [6.07, 6.45) is 0.928. The van der Waals surface area contributed by atoms with Gasteiger partial charge in [-0.1, -0.05) is 12.1 Å². The minimum absolute atomic E-state index is 0.0546. The second-order valence-electron chi connectivity index (χ2n) is 5.98. The Morgan fingerprint density at radius 2 is 1.95 bits per heavy atom. The number of amides is 2. The highest BCUT2D eigenvalue weighted by molar-refractivity contribution is 6.26. The van der Waals surface area contributed by atoms with Crippen LogP contribution in [0.2, 0.25) is 0 Å². The molecular weight excluding hydrogens is 282 g/mol. The zero-order valence-corrected chi connectivity index (χ0v) is 12.2. The van der Waals surface area contributed by atoms with Crippen LogP contribution in [0.5, 0.6) is 0 Å². The highest BCUT2D eigenvalue weighted by Crippen LogP contribution is 2.44. The maximum Gasteiger partial charge on any atom is 0.276 e. The first-order valence-corrected chi connectivity index (χ1v) is 7.45. The van der Waals surface area contributed by atoms with Crippen molar-refractivity contribution < 1.29 is 19.1 Å². The van der Waals surface area contributed by atoms with Gasteiger partial charge in [-0.25, -0.2) is 4.90 Å². The summed E-state index contributed by atoms with van der Waals surface area (Å²) in [6.45, 7) is 1.90. The maximum absolute atomic E-state index is 12.7. The Hall–Kier alpha value is -2.43. The van der Waals surface area contributed by atoms with E-state index in [4.69, 9.17) is 4.74 Å². The highest BCUT2D eigenvalue weighted by Gasteiger charge is 2.57. The van der Waals surface area contributed by atoms with Gasteiger partial charge in [0.2, 0.25) is 5.91 Å². The number of ether oxygens (including phenoxy) is 1. The van der Waals surface area contributed by atoms with Crippen LogP contribution in [0.4, 0.5) is 5.69 Å². The largest absolute Gasteiger partial charge is 0.483 e. The molecule has 2 aliphatic heterocycles. The van der Waals surface area contributed by atoms with Crippen molar-refractivity contribution in [3.05, 3.63) is 41.2 Å². The van der Waals surface area contributed by atoms with E-state index >= 15 is 0 Å². The van der Waals surface area contributed by atoms with Crippen molar-refractivity contribution in [3.8, 4) is 0 Å². The van der Waals surface area contributed by atoms with Gasteiger partial charge in [-0.05, 0) is 31.0 Å². The lowest BCUT2D eigenvalue weighted by molar-refractivity contribution is -0.125. The van der Waals surface area contributed by atoms with E-state index in [9.17, 15) is 14.4 Å². The first-order valence-electron chi connectivity index (χ1n) is 7.45. The summed E-state index contributed by atoms with van der Waals surface area (Å²) in [6, 6.07) is 7.21. The Balaban J connectivity index is 1.76. The molecule has 4 rings (SSSR count). The maximum atomic E-state index is 12.7.